The van der Waals surface area contributed by atoms with Crippen molar-refractivity contribution in [1.82, 2.24) is 5.32 Å². The van der Waals surface area contributed by atoms with E-state index in [1.807, 2.05) is 13.8 Å². The summed E-state index contributed by atoms with van der Waals surface area (Å²) in [5.74, 6) is 5.62. The fourth-order valence-corrected chi connectivity index (χ4v) is 0.752. The molecule has 0 aliphatic rings. The van der Waals surface area contributed by atoms with Crippen LogP contribution >= 0.6 is 0 Å². The lowest BCUT2D eigenvalue weighted by molar-refractivity contribution is 0.00680. The first-order valence-corrected chi connectivity index (χ1v) is 4.56. The Bertz CT molecular complexity index is 169. The molecule has 0 fully saturated rings. The van der Waals surface area contributed by atoms with Gasteiger partial charge in [0.2, 0.25) is 0 Å². The first-order valence-electron chi connectivity index (χ1n) is 4.56. The molecular formula is C10H19NO2. The summed E-state index contributed by atoms with van der Waals surface area (Å²) >= 11 is 0. The molecule has 0 rings (SSSR count). The number of hydrogen-bond donors (Lipinski definition) is 2. The minimum Gasteiger partial charge on any atom is -0.389 e. The highest BCUT2D eigenvalue weighted by molar-refractivity contribution is 4.96. The van der Waals surface area contributed by atoms with Crippen LogP contribution in [-0.2, 0) is 4.74 Å². The molecular weight excluding hydrogens is 166 g/mol. The molecule has 3 heteroatoms. The molecule has 0 aromatic rings. The molecule has 0 aromatic carbocycles. The van der Waals surface area contributed by atoms with Crippen LogP contribution in [0.15, 0.2) is 0 Å². The Morgan fingerprint density at radius 2 is 2.15 bits per heavy atom. The van der Waals surface area contributed by atoms with Gasteiger partial charge in [-0.15, -0.1) is 5.92 Å². The van der Waals surface area contributed by atoms with Crippen LogP contribution in [0.4, 0.5) is 0 Å². The van der Waals surface area contributed by atoms with E-state index >= 15 is 0 Å². The van der Waals surface area contributed by atoms with Crippen molar-refractivity contribution in [1.29, 1.82) is 0 Å². The maximum Gasteiger partial charge on any atom is 0.0898 e. The van der Waals surface area contributed by atoms with Gasteiger partial charge >= 0.3 is 0 Å². The van der Waals surface area contributed by atoms with Gasteiger partial charge in [0, 0.05) is 6.54 Å². The SMILES string of the molecule is CC#CCNCC(O)COC(C)C. The summed E-state index contributed by atoms with van der Waals surface area (Å²) in [7, 11) is 0. The topological polar surface area (TPSA) is 41.5 Å². The van der Waals surface area contributed by atoms with E-state index < -0.39 is 6.10 Å². The molecule has 2 N–H and O–H groups in total. The molecule has 3 nitrogen and oxygen atoms in total. The van der Waals surface area contributed by atoms with E-state index in [1.54, 1.807) is 6.92 Å². The van der Waals surface area contributed by atoms with Crippen molar-refractivity contribution in [3.8, 4) is 11.8 Å². The number of ether oxygens (including phenoxy) is 1. The maximum atomic E-state index is 9.36. The minimum atomic E-state index is -0.443. The monoisotopic (exact) mass is 185 g/mol. The van der Waals surface area contributed by atoms with Crippen molar-refractivity contribution in [3.63, 3.8) is 0 Å². The third-order valence-corrected chi connectivity index (χ3v) is 1.39. The van der Waals surface area contributed by atoms with E-state index in [0.717, 1.165) is 0 Å². The predicted molar refractivity (Wildman–Crippen MR) is 53.4 cm³/mol. The van der Waals surface area contributed by atoms with Gasteiger partial charge in [-0.2, -0.15) is 0 Å². The molecule has 0 aromatic heterocycles. The van der Waals surface area contributed by atoms with Crippen LogP contribution in [0.1, 0.15) is 20.8 Å². The number of rotatable bonds is 6. The van der Waals surface area contributed by atoms with Crippen LogP contribution in [0.2, 0.25) is 0 Å². The standard InChI is InChI=1S/C10H19NO2/c1-4-5-6-11-7-10(12)8-13-9(2)3/h9-12H,6-8H2,1-3H3. The maximum absolute atomic E-state index is 9.36. The van der Waals surface area contributed by atoms with Gasteiger partial charge in [-0.1, -0.05) is 5.92 Å². The molecule has 0 radical (unpaired) electrons. The van der Waals surface area contributed by atoms with E-state index in [2.05, 4.69) is 17.2 Å². The second-order valence-corrected chi connectivity index (χ2v) is 3.09. The second kappa shape index (κ2) is 8.06. The van der Waals surface area contributed by atoms with E-state index in [9.17, 15) is 5.11 Å². The molecule has 0 heterocycles. The zero-order chi connectivity index (χ0) is 10.1. The first-order chi connectivity index (χ1) is 6.16. The van der Waals surface area contributed by atoms with Crippen LogP contribution in [0.25, 0.3) is 0 Å². The molecule has 0 spiro atoms. The van der Waals surface area contributed by atoms with Crippen molar-refractivity contribution >= 4 is 0 Å². The molecule has 76 valence electrons. The van der Waals surface area contributed by atoms with Gasteiger partial charge in [-0.3, -0.25) is 0 Å². The van der Waals surface area contributed by atoms with Crippen LogP contribution in [0.5, 0.6) is 0 Å². The van der Waals surface area contributed by atoms with Gasteiger partial charge < -0.3 is 15.2 Å². The van der Waals surface area contributed by atoms with E-state index in [1.165, 1.54) is 0 Å². The van der Waals surface area contributed by atoms with Crippen LogP contribution < -0.4 is 5.32 Å². The lowest BCUT2D eigenvalue weighted by atomic mass is 10.3. The third kappa shape index (κ3) is 9.35. The Labute approximate surface area is 80.5 Å². The molecule has 0 saturated carbocycles. The average Bonchev–Trinajstić information content (AvgIpc) is 2.09. The third-order valence-electron chi connectivity index (χ3n) is 1.39. The zero-order valence-corrected chi connectivity index (χ0v) is 8.63. The fourth-order valence-electron chi connectivity index (χ4n) is 0.752. The quantitative estimate of drug-likeness (QED) is 0.464. The van der Waals surface area contributed by atoms with Gasteiger partial charge in [0.1, 0.15) is 0 Å². The Kier molecular flexibility index (Phi) is 7.71. The number of aliphatic hydroxyl groups excluding tert-OH is 1. The van der Waals surface area contributed by atoms with Crippen molar-refractivity contribution in [3.05, 3.63) is 0 Å². The molecule has 13 heavy (non-hydrogen) atoms. The Morgan fingerprint density at radius 1 is 1.46 bits per heavy atom. The number of nitrogens with one attached hydrogen (secondary N) is 1. The largest absolute Gasteiger partial charge is 0.389 e. The van der Waals surface area contributed by atoms with Crippen molar-refractivity contribution < 1.29 is 9.84 Å². The fraction of sp³-hybridized carbons (Fsp3) is 0.800. The summed E-state index contributed by atoms with van der Waals surface area (Å²) in [6.45, 7) is 7.21. The zero-order valence-electron chi connectivity index (χ0n) is 8.63. The highest BCUT2D eigenvalue weighted by Gasteiger charge is 2.03. The second-order valence-electron chi connectivity index (χ2n) is 3.09. The molecule has 0 saturated heterocycles. The van der Waals surface area contributed by atoms with Crippen LogP contribution in [-0.4, -0.2) is 37.0 Å². The highest BCUT2D eigenvalue weighted by atomic mass is 16.5. The predicted octanol–water partition coefficient (Wildman–Crippen LogP) is 0.385. The molecule has 0 amide bonds. The van der Waals surface area contributed by atoms with Gasteiger partial charge in [-0.25, -0.2) is 0 Å². The smallest absolute Gasteiger partial charge is 0.0898 e. The number of hydrogen-bond acceptors (Lipinski definition) is 3. The summed E-state index contributed by atoms with van der Waals surface area (Å²) in [4.78, 5) is 0. The van der Waals surface area contributed by atoms with E-state index in [4.69, 9.17) is 4.74 Å². The summed E-state index contributed by atoms with van der Waals surface area (Å²) in [6.07, 6.45) is -0.272. The molecule has 0 aliphatic carbocycles. The summed E-state index contributed by atoms with van der Waals surface area (Å²) in [6, 6.07) is 0. The van der Waals surface area contributed by atoms with Gasteiger partial charge in [0.15, 0.2) is 0 Å². The van der Waals surface area contributed by atoms with E-state index in [-0.39, 0.29) is 6.10 Å². The Balaban J connectivity index is 3.28. The molecule has 0 aliphatic heterocycles. The molecule has 0 bridgehead atoms. The summed E-state index contributed by atoms with van der Waals surface area (Å²) in [5.41, 5.74) is 0. The van der Waals surface area contributed by atoms with Crippen molar-refractivity contribution in [2.75, 3.05) is 19.7 Å². The Morgan fingerprint density at radius 3 is 2.69 bits per heavy atom. The van der Waals surface area contributed by atoms with Gasteiger partial charge in [0.25, 0.3) is 0 Å². The summed E-state index contributed by atoms with van der Waals surface area (Å²) < 4.78 is 5.23. The van der Waals surface area contributed by atoms with E-state index in [0.29, 0.717) is 19.7 Å². The summed E-state index contributed by atoms with van der Waals surface area (Å²) in [5, 5.41) is 12.4. The van der Waals surface area contributed by atoms with Crippen molar-refractivity contribution in [2.24, 2.45) is 0 Å². The van der Waals surface area contributed by atoms with Crippen LogP contribution in [0, 0.1) is 11.8 Å². The Hall–Kier alpha value is -0.560. The van der Waals surface area contributed by atoms with Gasteiger partial charge in [0.05, 0.1) is 25.4 Å². The van der Waals surface area contributed by atoms with Gasteiger partial charge in [-0.05, 0) is 20.8 Å². The normalized spacial score (nSPS) is 12.4. The van der Waals surface area contributed by atoms with Crippen molar-refractivity contribution in [2.45, 2.75) is 33.0 Å². The number of aliphatic hydroxyl groups is 1. The minimum absolute atomic E-state index is 0.171. The molecule has 1 atom stereocenters. The lowest BCUT2D eigenvalue weighted by Crippen LogP contribution is -2.31. The molecule has 1 unspecified atom stereocenters. The van der Waals surface area contributed by atoms with Crippen LogP contribution in [0.3, 0.4) is 0 Å². The lowest BCUT2D eigenvalue weighted by Gasteiger charge is -2.13. The average molecular weight is 185 g/mol. The first kappa shape index (κ1) is 12.4. The highest BCUT2D eigenvalue weighted by Crippen LogP contribution is 1.90.